The quantitative estimate of drug-likeness (QED) is 0.380. The number of thiazole rings is 1. The number of hydrogen-bond acceptors (Lipinski definition) is 7. The fraction of sp³-hybridized carbons (Fsp3) is 0.208. The molecule has 0 fully saturated rings. The summed E-state index contributed by atoms with van der Waals surface area (Å²) in [7, 11) is 0. The highest BCUT2D eigenvalue weighted by Crippen LogP contribution is 2.29. The number of esters is 1. The van der Waals surface area contributed by atoms with Gasteiger partial charge in [0.05, 0.1) is 16.8 Å². The van der Waals surface area contributed by atoms with Crippen molar-refractivity contribution in [3.05, 3.63) is 81.7 Å². The van der Waals surface area contributed by atoms with Crippen molar-refractivity contribution in [2.45, 2.75) is 33.4 Å². The van der Waals surface area contributed by atoms with Crippen molar-refractivity contribution >= 4 is 44.8 Å². The lowest BCUT2D eigenvalue weighted by molar-refractivity contribution is -0.115. The van der Waals surface area contributed by atoms with Crippen molar-refractivity contribution in [2.24, 2.45) is 0 Å². The number of anilines is 2. The summed E-state index contributed by atoms with van der Waals surface area (Å²) in [6.07, 6.45) is 0.704. The van der Waals surface area contributed by atoms with Crippen molar-refractivity contribution in [3.63, 3.8) is 0 Å². The predicted molar refractivity (Wildman–Crippen MR) is 127 cm³/mol. The van der Waals surface area contributed by atoms with Gasteiger partial charge in [0.2, 0.25) is 5.91 Å². The Kier molecular flexibility index (Phi) is 6.60. The number of nitrogens with zero attached hydrogens (tertiary/aromatic N) is 4. The van der Waals surface area contributed by atoms with Gasteiger partial charge in [-0.05, 0) is 24.6 Å². The molecule has 0 radical (unpaired) electrons. The van der Waals surface area contributed by atoms with Gasteiger partial charge in [-0.15, -0.1) is 11.3 Å². The van der Waals surface area contributed by atoms with Gasteiger partial charge >= 0.3 is 5.97 Å². The Morgan fingerprint density at radius 3 is 2.45 bits per heavy atom. The highest BCUT2D eigenvalue weighted by atomic mass is 32.1. The van der Waals surface area contributed by atoms with Gasteiger partial charge in [-0.25, -0.2) is 14.5 Å². The van der Waals surface area contributed by atoms with Crippen LogP contribution in [0.1, 0.15) is 36.5 Å². The van der Waals surface area contributed by atoms with Crippen LogP contribution in [0.3, 0.4) is 0 Å². The monoisotopic (exact) mass is 462 g/mol. The molecule has 0 unspecified atom stereocenters. The number of rotatable bonds is 7. The third-order valence-electron chi connectivity index (χ3n) is 4.91. The molecule has 8 nitrogen and oxygen atoms in total. The van der Waals surface area contributed by atoms with E-state index in [4.69, 9.17) is 4.74 Å². The summed E-state index contributed by atoms with van der Waals surface area (Å²) in [6, 6.07) is 16.1. The number of fused-ring (bicyclic) bond motifs is 1. The summed E-state index contributed by atoms with van der Waals surface area (Å²) in [6.45, 7) is 3.72. The second-order valence-corrected chi connectivity index (χ2v) is 8.15. The molecule has 0 aliphatic heterocycles. The number of para-hydroxylation sites is 1. The molecule has 0 N–H and O–H groups in total. The summed E-state index contributed by atoms with van der Waals surface area (Å²) in [5.74, 6) is -0.815. The molecule has 9 heteroatoms. The van der Waals surface area contributed by atoms with Crippen molar-refractivity contribution in [3.8, 4) is 0 Å². The Hall–Kier alpha value is -3.85. The zero-order valence-corrected chi connectivity index (χ0v) is 19.0. The third-order valence-corrected chi connectivity index (χ3v) is 5.78. The first-order valence-corrected chi connectivity index (χ1v) is 11.3. The average molecular weight is 463 g/mol. The molecule has 0 aliphatic carbocycles. The molecule has 0 aliphatic rings. The van der Waals surface area contributed by atoms with E-state index in [1.807, 2.05) is 37.3 Å². The summed E-state index contributed by atoms with van der Waals surface area (Å²) >= 11 is 1.28. The van der Waals surface area contributed by atoms with Gasteiger partial charge in [0, 0.05) is 24.2 Å². The minimum atomic E-state index is -0.642. The number of ether oxygens (including phenoxy) is 1. The van der Waals surface area contributed by atoms with Crippen LogP contribution in [0.15, 0.2) is 64.8 Å². The summed E-state index contributed by atoms with van der Waals surface area (Å²) < 4.78 is 6.77. The Balaban J connectivity index is 1.56. The fourth-order valence-electron chi connectivity index (χ4n) is 3.43. The van der Waals surface area contributed by atoms with Gasteiger partial charge in [-0.3, -0.25) is 14.5 Å². The van der Waals surface area contributed by atoms with Gasteiger partial charge in [0.1, 0.15) is 6.61 Å². The second-order valence-electron chi connectivity index (χ2n) is 7.31. The van der Waals surface area contributed by atoms with Crippen LogP contribution in [-0.4, -0.2) is 26.6 Å². The summed E-state index contributed by atoms with van der Waals surface area (Å²) in [5.41, 5.74) is 1.07. The van der Waals surface area contributed by atoms with E-state index < -0.39 is 5.97 Å². The maximum Gasteiger partial charge on any atom is 0.359 e. The number of hydrogen-bond donors (Lipinski definition) is 0. The van der Waals surface area contributed by atoms with E-state index in [2.05, 4.69) is 10.1 Å². The first-order chi connectivity index (χ1) is 16.0. The number of carbonyl (C=O) groups is 2. The van der Waals surface area contributed by atoms with Crippen molar-refractivity contribution < 1.29 is 14.3 Å². The van der Waals surface area contributed by atoms with E-state index in [0.717, 1.165) is 0 Å². The van der Waals surface area contributed by atoms with E-state index in [-0.39, 0.29) is 23.8 Å². The van der Waals surface area contributed by atoms with Crippen molar-refractivity contribution in [1.82, 2.24) is 14.8 Å². The van der Waals surface area contributed by atoms with Crippen LogP contribution in [0.5, 0.6) is 0 Å². The predicted octanol–water partition coefficient (Wildman–Crippen LogP) is 4.30. The van der Waals surface area contributed by atoms with Gasteiger partial charge < -0.3 is 4.74 Å². The van der Waals surface area contributed by atoms with Crippen LogP contribution in [0, 0.1) is 0 Å². The van der Waals surface area contributed by atoms with E-state index in [0.29, 0.717) is 40.3 Å². The highest BCUT2D eigenvalue weighted by Gasteiger charge is 2.20. The van der Waals surface area contributed by atoms with Crippen LogP contribution in [0.2, 0.25) is 0 Å². The molecule has 168 valence electrons. The van der Waals surface area contributed by atoms with Crippen LogP contribution in [0.25, 0.3) is 10.8 Å². The standard InChI is InChI=1S/C24H22N4O4S/c1-3-13-27-22(30)20-12-8-7-11-19(20)21(26-27)23(31)32-14-17-15-33-24(25-17)28(16(2)29)18-9-5-4-6-10-18/h4-12,15H,3,13-14H2,1-2H3. The molecular weight excluding hydrogens is 440 g/mol. The molecule has 33 heavy (non-hydrogen) atoms. The summed E-state index contributed by atoms with van der Waals surface area (Å²) in [5, 5.41) is 7.35. The molecule has 2 aromatic carbocycles. The second kappa shape index (κ2) is 9.74. The van der Waals surface area contributed by atoms with Crippen molar-refractivity contribution in [2.75, 3.05) is 4.90 Å². The van der Waals surface area contributed by atoms with Crippen LogP contribution in [-0.2, 0) is 22.7 Å². The molecule has 2 aromatic heterocycles. The number of aromatic nitrogens is 3. The molecule has 4 aromatic rings. The lowest BCUT2D eigenvalue weighted by atomic mass is 10.1. The van der Waals surface area contributed by atoms with Gasteiger partial charge in [0.25, 0.3) is 5.56 Å². The Morgan fingerprint density at radius 2 is 1.76 bits per heavy atom. The average Bonchev–Trinajstić information content (AvgIpc) is 3.28. The zero-order chi connectivity index (χ0) is 23.4. The Morgan fingerprint density at radius 1 is 1.06 bits per heavy atom. The number of amides is 1. The Bertz CT molecular complexity index is 1360. The topological polar surface area (TPSA) is 94.4 Å². The first-order valence-electron chi connectivity index (χ1n) is 10.5. The molecule has 0 atom stereocenters. The normalized spacial score (nSPS) is 10.8. The molecule has 0 spiro atoms. The van der Waals surface area contributed by atoms with Crippen LogP contribution >= 0.6 is 11.3 Å². The lowest BCUT2D eigenvalue weighted by Gasteiger charge is -2.17. The molecule has 0 bridgehead atoms. The molecular formula is C24H22N4O4S. The van der Waals surface area contributed by atoms with Gasteiger partial charge in [-0.2, -0.15) is 5.10 Å². The van der Waals surface area contributed by atoms with E-state index in [1.165, 1.54) is 27.8 Å². The van der Waals surface area contributed by atoms with Crippen molar-refractivity contribution in [1.29, 1.82) is 0 Å². The molecule has 1 amide bonds. The SMILES string of the molecule is CCCn1nc(C(=O)OCc2csc(N(C(C)=O)c3ccccc3)n2)c2ccccc2c1=O. The smallest absolute Gasteiger partial charge is 0.359 e. The zero-order valence-electron chi connectivity index (χ0n) is 18.2. The Labute approximate surface area is 194 Å². The minimum absolute atomic E-state index is 0.0845. The molecule has 0 saturated carbocycles. The molecule has 0 saturated heterocycles. The molecule has 2 heterocycles. The lowest BCUT2D eigenvalue weighted by Crippen LogP contribution is -2.26. The van der Waals surface area contributed by atoms with Crippen LogP contribution in [0.4, 0.5) is 10.8 Å². The largest absolute Gasteiger partial charge is 0.454 e. The van der Waals surface area contributed by atoms with Crippen LogP contribution < -0.4 is 10.5 Å². The summed E-state index contributed by atoms with van der Waals surface area (Å²) in [4.78, 5) is 43.7. The van der Waals surface area contributed by atoms with E-state index in [9.17, 15) is 14.4 Å². The van der Waals surface area contributed by atoms with E-state index in [1.54, 1.807) is 29.6 Å². The first kappa shape index (κ1) is 22.3. The molecule has 4 rings (SSSR count). The number of benzene rings is 2. The maximum absolute atomic E-state index is 12.9. The van der Waals surface area contributed by atoms with E-state index >= 15 is 0 Å². The third kappa shape index (κ3) is 4.68. The fourth-order valence-corrected chi connectivity index (χ4v) is 4.30. The highest BCUT2D eigenvalue weighted by molar-refractivity contribution is 7.14. The van der Waals surface area contributed by atoms with Gasteiger partial charge in [0.15, 0.2) is 10.8 Å². The number of aryl methyl sites for hydroxylation is 1. The van der Waals surface area contributed by atoms with Gasteiger partial charge in [-0.1, -0.05) is 43.3 Å². The number of carbonyl (C=O) groups excluding carboxylic acids is 2. The maximum atomic E-state index is 12.9. The minimum Gasteiger partial charge on any atom is -0.454 e.